The van der Waals surface area contributed by atoms with Crippen LogP contribution in [0.3, 0.4) is 0 Å². The summed E-state index contributed by atoms with van der Waals surface area (Å²) in [5, 5.41) is 11.0. The van der Waals surface area contributed by atoms with Gasteiger partial charge in [0.1, 0.15) is 0 Å². The average Bonchev–Trinajstić information content (AvgIpc) is 2.05. The van der Waals surface area contributed by atoms with E-state index in [1.165, 1.54) is 7.11 Å². The molecule has 0 amide bonds. The second-order valence-corrected chi connectivity index (χ2v) is 1.78. The number of hydrogen-bond acceptors (Lipinski definition) is 4. The van der Waals surface area contributed by atoms with Gasteiger partial charge >= 0.3 is 5.97 Å². The minimum atomic E-state index is -0.891. The van der Waals surface area contributed by atoms with Gasteiger partial charge in [0.2, 0.25) is 0 Å². The van der Waals surface area contributed by atoms with Gasteiger partial charge in [0.15, 0.2) is 6.04 Å². The molecular formula is C7H10N2O2. The van der Waals surface area contributed by atoms with Crippen molar-refractivity contribution in [1.29, 1.82) is 5.26 Å². The lowest BCUT2D eigenvalue weighted by atomic mass is 10.3. The van der Waals surface area contributed by atoms with Gasteiger partial charge in [-0.2, -0.15) is 5.26 Å². The van der Waals surface area contributed by atoms with Gasteiger partial charge in [-0.1, -0.05) is 6.08 Å². The molecule has 0 heterocycles. The fraction of sp³-hybridized carbons (Fsp3) is 0.429. The molecule has 0 bridgehead atoms. The van der Waals surface area contributed by atoms with E-state index in [0.717, 1.165) is 0 Å². The molecule has 60 valence electrons. The lowest BCUT2D eigenvalue weighted by Gasteiger charge is -2.05. The van der Waals surface area contributed by atoms with Crippen LogP contribution in [0.2, 0.25) is 0 Å². The standard InChI is InChI=1S/C7H10N2O2/c1-3-4-9-6(5-8)7(10)11-2/h3,6,9H,1,4H2,2H3. The molecule has 0 aromatic carbocycles. The molecule has 0 aliphatic heterocycles. The van der Waals surface area contributed by atoms with Crippen LogP contribution < -0.4 is 5.32 Å². The molecule has 0 fully saturated rings. The smallest absolute Gasteiger partial charge is 0.337 e. The first-order chi connectivity index (χ1) is 5.26. The number of carbonyl (C=O) groups excluding carboxylic acids is 1. The van der Waals surface area contributed by atoms with Crippen molar-refractivity contribution < 1.29 is 9.53 Å². The lowest BCUT2D eigenvalue weighted by molar-refractivity contribution is -0.141. The van der Waals surface area contributed by atoms with E-state index in [0.29, 0.717) is 6.54 Å². The van der Waals surface area contributed by atoms with Crippen molar-refractivity contribution in [3.63, 3.8) is 0 Å². The van der Waals surface area contributed by atoms with Crippen molar-refractivity contribution in [2.45, 2.75) is 6.04 Å². The molecule has 0 saturated heterocycles. The van der Waals surface area contributed by atoms with Crippen LogP contribution in [0.15, 0.2) is 12.7 Å². The maximum atomic E-state index is 10.7. The molecule has 0 aliphatic rings. The first kappa shape index (κ1) is 9.66. The zero-order valence-corrected chi connectivity index (χ0v) is 6.33. The Hall–Kier alpha value is -1.34. The third-order valence-electron chi connectivity index (χ3n) is 1.03. The predicted molar refractivity (Wildman–Crippen MR) is 39.6 cm³/mol. The van der Waals surface area contributed by atoms with Gasteiger partial charge in [-0.3, -0.25) is 5.32 Å². The lowest BCUT2D eigenvalue weighted by Crippen LogP contribution is -2.36. The monoisotopic (exact) mass is 154 g/mol. The molecule has 1 unspecified atom stereocenters. The highest BCUT2D eigenvalue weighted by Crippen LogP contribution is 1.84. The Morgan fingerprint density at radius 1 is 2.00 bits per heavy atom. The summed E-state index contributed by atoms with van der Waals surface area (Å²) in [6, 6.07) is 0.863. The van der Waals surface area contributed by atoms with Crippen LogP contribution in [0, 0.1) is 11.3 Å². The fourth-order valence-corrected chi connectivity index (χ4v) is 0.501. The van der Waals surface area contributed by atoms with Crippen molar-refractivity contribution in [3.8, 4) is 6.07 Å². The van der Waals surface area contributed by atoms with Crippen LogP contribution in [0.25, 0.3) is 0 Å². The van der Waals surface area contributed by atoms with E-state index in [9.17, 15) is 4.79 Å². The Morgan fingerprint density at radius 2 is 2.64 bits per heavy atom. The van der Waals surface area contributed by atoms with E-state index in [1.807, 2.05) is 0 Å². The van der Waals surface area contributed by atoms with Crippen LogP contribution in [0.1, 0.15) is 0 Å². The summed E-state index contributed by atoms with van der Waals surface area (Å²) in [6.45, 7) is 3.84. The van der Waals surface area contributed by atoms with Crippen LogP contribution >= 0.6 is 0 Å². The first-order valence-electron chi connectivity index (χ1n) is 3.08. The molecule has 0 spiro atoms. The van der Waals surface area contributed by atoms with Gasteiger partial charge < -0.3 is 4.74 Å². The molecule has 0 saturated carbocycles. The Balaban J connectivity index is 3.87. The molecule has 0 aromatic rings. The Kier molecular flexibility index (Phi) is 4.78. The number of methoxy groups -OCH3 is 1. The van der Waals surface area contributed by atoms with E-state index < -0.39 is 12.0 Å². The van der Waals surface area contributed by atoms with E-state index >= 15 is 0 Å². The van der Waals surface area contributed by atoms with E-state index in [1.54, 1.807) is 12.1 Å². The minimum Gasteiger partial charge on any atom is -0.467 e. The number of rotatable bonds is 4. The van der Waals surface area contributed by atoms with Crippen LogP contribution in [0.4, 0.5) is 0 Å². The molecule has 0 radical (unpaired) electrons. The molecule has 11 heavy (non-hydrogen) atoms. The number of ether oxygens (including phenoxy) is 1. The van der Waals surface area contributed by atoms with Crippen molar-refractivity contribution in [3.05, 3.63) is 12.7 Å². The second kappa shape index (κ2) is 5.45. The molecule has 4 nitrogen and oxygen atoms in total. The Labute approximate surface area is 65.5 Å². The zero-order chi connectivity index (χ0) is 8.69. The fourth-order valence-electron chi connectivity index (χ4n) is 0.501. The summed E-state index contributed by atoms with van der Waals surface area (Å²) in [4.78, 5) is 10.7. The predicted octanol–water partition coefficient (Wildman–Crippen LogP) is -0.173. The van der Waals surface area contributed by atoms with Crippen molar-refractivity contribution in [1.82, 2.24) is 5.32 Å². The minimum absolute atomic E-state index is 0.410. The van der Waals surface area contributed by atoms with Crippen molar-refractivity contribution in [2.75, 3.05) is 13.7 Å². The van der Waals surface area contributed by atoms with Gasteiger partial charge in [0, 0.05) is 6.54 Å². The molecule has 0 rings (SSSR count). The third-order valence-corrected chi connectivity index (χ3v) is 1.03. The molecule has 1 N–H and O–H groups in total. The normalized spacial score (nSPS) is 11.3. The third kappa shape index (κ3) is 3.38. The molecule has 1 atom stereocenters. The van der Waals surface area contributed by atoms with Crippen LogP contribution in [-0.4, -0.2) is 25.7 Å². The molecule has 0 aliphatic carbocycles. The number of carbonyl (C=O) groups is 1. The molecule has 4 heteroatoms. The largest absolute Gasteiger partial charge is 0.467 e. The first-order valence-corrected chi connectivity index (χ1v) is 3.08. The van der Waals surface area contributed by atoms with E-state index in [2.05, 4.69) is 16.6 Å². The summed E-state index contributed by atoms with van der Waals surface area (Å²) < 4.78 is 4.34. The topological polar surface area (TPSA) is 62.1 Å². The highest BCUT2D eigenvalue weighted by molar-refractivity contribution is 5.78. The quantitative estimate of drug-likeness (QED) is 0.451. The number of nitriles is 1. The molecular weight excluding hydrogens is 144 g/mol. The number of nitrogens with zero attached hydrogens (tertiary/aromatic N) is 1. The average molecular weight is 154 g/mol. The summed E-state index contributed by atoms with van der Waals surface area (Å²) in [6.07, 6.45) is 1.56. The summed E-state index contributed by atoms with van der Waals surface area (Å²) >= 11 is 0. The number of hydrogen-bond donors (Lipinski definition) is 1. The van der Waals surface area contributed by atoms with Crippen molar-refractivity contribution in [2.24, 2.45) is 0 Å². The highest BCUT2D eigenvalue weighted by atomic mass is 16.5. The van der Waals surface area contributed by atoms with Gasteiger partial charge in [0.05, 0.1) is 13.2 Å². The van der Waals surface area contributed by atoms with Gasteiger partial charge in [0.25, 0.3) is 0 Å². The Bertz CT molecular complexity index is 183. The summed E-state index contributed by atoms with van der Waals surface area (Å²) in [5.74, 6) is -0.575. The highest BCUT2D eigenvalue weighted by Gasteiger charge is 2.15. The van der Waals surface area contributed by atoms with Gasteiger partial charge in [-0.15, -0.1) is 6.58 Å². The number of nitrogens with one attached hydrogen (secondary N) is 1. The zero-order valence-electron chi connectivity index (χ0n) is 6.33. The van der Waals surface area contributed by atoms with Crippen molar-refractivity contribution >= 4 is 5.97 Å². The molecule has 0 aromatic heterocycles. The van der Waals surface area contributed by atoms with E-state index in [-0.39, 0.29) is 0 Å². The number of esters is 1. The SMILES string of the molecule is C=CCNC(C#N)C(=O)OC. The Morgan fingerprint density at radius 3 is 3.00 bits per heavy atom. The van der Waals surface area contributed by atoms with Gasteiger partial charge in [-0.25, -0.2) is 4.79 Å². The van der Waals surface area contributed by atoms with Gasteiger partial charge in [-0.05, 0) is 0 Å². The van der Waals surface area contributed by atoms with E-state index in [4.69, 9.17) is 5.26 Å². The summed E-state index contributed by atoms with van der Waals surface area (Å²) in [5.41, 5.74) is 0. The maximum absolute atomic E-state index is 10.7. The van der Waals surface area contributed by atoms with Crippen LogP contribution in [-0.2, 0) is 9.53 Å². The maximum Gasteiger partial charge on any atom is 0.337 e. The van der Waals surface area contributed by atoms with Crippen LogP contribution in [0.5, 0.6) is 0 Å². The summed E-state index contributed by atoms with van der Waals surface area (Å²) in [7, 11) is 1.24. The second-order valence-electron chi connectivity index (χ2n) is 1.78.